The summed E-state index contributed by atoms with van der Waals surface area (Å²) in [7, 11) is 0. The SMILES string of the molecule is CCCn1c(-c2nonc2NC(C)=O)nc2ccccc21. The Labute approximate surface area is 120 Å². The van der Waals surface area contributed by atoms with Crippen molar-refractivity contribution in [1.82, 2.24) is 19.9 Å². The molecule has 0 fully saturated rings. The number of benzene rings is 1. The quantitative estimate of drug-likeness (QED) is 0.795. The van der Waals surface area contributed by atoms with Gasteiger partial charge in [0.05, 0.1) is 11.0 Å². The number of aromatic nitrogens is 4. The zero-order valence-electron chi connectivity index (χ0n) is 11.8. The maximum Gasteiger partial charge on any atom is 0.222 e. The lowest BCUT2D eigenvalue weighted by molar-refractivity contribution is -0.114. The minimum absolute atomic E-state index is 0.231. The number of carbonyl (C=O) groups excluding carboxylic acids is 1. The van der Waals surface area contributed by atoms with Crippen LogP contribution in [0.1, 0.15) is 20.3 Å². The highest BCUT2D eigenvalue weighted by atomic mass is 16.6. The molecule has 3 rings (SSSR count). The van der Waals surface area contributed by atoms with Crippen LogP contribution < -0.4 is 5.32 Å². The first-order valence-electron chi connectivity index (χ1n) is 6.76. The number of hydrogen-bond donors (Lipinski definition) is 1. The van der Waals surface area contributed by atoms with Crippen molar-refractivity contribution in [3.8, 4) is 11.5 Å². The molecule has 0 unspecified atom stereocenters. The second kappa shape index (κ2) is 5.35. The fourth-order valence-electron chi connectivity index (χ4n) is 2.29. The molecular weight excluding hydrogens is 270 g/mol. The van der Waals surface area contributed by atoms with E-state index >= 15 is 0 Å². The Balaban J connectivity index is 2.18. The summed E-state index contributed by atoms with van der Waals surface area (Å²) in [6.07, 6.45) is 0.952. The molecule has 1 amide bonds. The van der Waals surface area contributed by atoms with Gasteiger partial charge in [-0.3, -0.25) is 4.79 Å². The molecule has 0 aliphatic rings. The zero-order valence-corrected chi connectivity index (χ0v) is 11.8. The number of nitrogens with one attached hydrogen (secondary N) is 1. The summed E-state index contributed by atoms with van der Waals surface area (Å²) in [5.41, 5.74) is 2.33. The van der Waals surface area contributed by atoms with Gasteiger partial charge in [-0.2, -0.15) is 0 Å². The summed E-state index contributed by atoms with van der Waals surface area (Å²) in [4.78, 5) is 15.8. The molecule has 0 atom stereocenters. The van der Waals surface area contributed by atoms with E-state index in [1.807, 2.05) is 24.3 Å². The molecule has 3 aromatic rings. The van der Waals surface area contributed by atoms with Crippen LogP contribution in [0.5, 0.6) is 0 Å². The van der Waals surface area contributed by atoms with Crippen molar-refractivity contribution in [3.05, 3.63) is 24.3 Å². The van der Waals surface area contributed by atoms with Crippen LogP contribution in [0.3, 0.4) is 0 Å². The Bertz CT molecular complexity index is 790. The van der Waals surface area contributed by atoms with Gasteiger partial charge >= 0.3 is 0 Å². The second-order valence-corrected chi connectivity index (χ2v) is 4.72. The van der Waals surface area contributed by atoms with Crippen molar-refractivity contribution in [2.24, 2.45) is 0 Å². The molecule has 0 spiro atoms. The molecule has 0 radical (unpaired) electrons. The van der Waals surface area contributed by atoms with E-state index in [-0.39, 0.29) is 11.7 Å². The molecule has 21 heavy (non-hydrogen) atoms. The van der Waals surface area contributed by atoms with Gasteiger partial charge in [-0.1, -0.05) is 19.1 Å². The topological polar surface area (TPSA) is 85.8 Å². The maximum atomic E-state index is 11.2. The number of imidazole rings is 1. The first-order chi connectivity index (χ1) is 10.2. The van der Waals surface area contributed by atoms with Crippen LogP contribution in [0.2, 0.25) is 0 Å². The van der Waals surface area contributed by atoms with Crippen molar-refractivity contribution >= 4 is 22.8 Å². The van der Waals surface area contributed by atoms with E-state index in [1.54, 1.807) is 0 Å². The highest BCUT2D eigenvalue weighted by Gasteiger charge is 2.20. The second-order valence-electron chi connectivity index (χ2n) is 4.72. The van der Waals surface area contributed by atoms with Crippen LogP contribution in [-0.2, 0) is 11.3 Å². The summed E-state index contributed by atoms with van der Waals surface area (Å²) >= 11 is 0. The number of carbonyl (C=O) groups is 1. The van der Waals surface area contributed by atoms with Gasteiger partial charge in [0.2, 0.25) is 11.7 Å². The molecule has 1 N–H and O–H groups in total. The number of fused-ring (bicyclic) bond motifs is 1. The van der Waals surface area contributed by atoms with Gasteiger partial charge in [-0.05, 0) is 28.9 Å². The average Bonchev–Trinajstić information content (AvgIpc) is 3.03. The Morgan fingerprint density at radius 1 is 1.33 bits per heavy atom. The van der Waals surface area contributed by atoms with E-state index in [0.717, 1.165) is 24.0 Å². The lowest BCUT2D eigenvalue weighted by Gasteiger charge is -2.06. The smallest absolute Gasteiger partial charge is 0.222 e. The first kappa shape index (κ1) is 13.3. The molecule has 7 heteroatoms. The molecule has 2 aromatic heterocycles. The Morgan fingerprint density at radius 3 is 2.90 bits per heavy atom. The first-order valence-corrected chi connectivity index (χ1v) is 6.76. The standard InChI is InChI=1S/C14H15N5O2/c1-3-8-19-11-7-5-4-6-10(11)16-14(19)12-13(15-9(2)20)18-21-17-12/h4-7H,3,8H2,1-2H3,(H,15,18,20). The molecule has 0 aliphatic heterocycles. The number of rotatable bonds is 4. The minimum atomic E-state index is -0.231. The summed E-state index contributed by atoms with van der Waals surface area (Å²) in [6.45, 7) is 4.30. The number of para-hydroxylation sites is 2. The molecule has 108 valence electrons. The van der Waals surface area contributed by atoms with Crippen molar-refractivity contribution in [3.63, 3.8) is 0 Å². The van der Waals surface area contributed by atoms with Crippen LogP contribution >= 0.6 is 0 Å². The summed E-state index contributed by atoms with van der Waals surface area (Å²) in [6, 6.07) is 7.85. The van der Waals surface area contributed by atoms with Crippen molar-refractivity contribution in [2.75, 3.05) is 5.32 Å². The lowest BCUT2D eigenvalue weighted by atomic mass is 10.3. The zero-order chi connectivity index (χ0) is 14.8. The van der Waals surface area contributed by atoms with Gasteiger partial charge < -0.3 is 9.88 Å². The van der Waals surface area contributed by atoms with E-state index in [9.17, 15) is 4.79 Å². The third-order valence-corrected chi connectivity index (χ3v) is 3.10. The molecule has 7 nitrogen and oxygen atoms in total. The Kier molecular flexibility index (Phi) is 3.39. The third-order valence-electron chi connectivity index (χ3n) is 3.10. The van der Waals surface area contributed by atoms with Crippen LogP contribution in [-0.4, -0.2) is 25.8 Å². The Hall–Kier alpha value is -2.70. The fraction of sp³-hybridized carbons (Fsp3) is 0.286. The Morgan fingerprint density at radius 2 is 2.14 bits per heavy atom. The van der Waals surface area contributed by atoms with Crippen LogP contribution in [0.15, 0.2) is 28.9 Å². The van der Waals surface area contributed by atoms with E-state index in [1.165, 1.54) is 6.92 Å². The number of amides is 1. The average molecular weight is 285 g/mol. The van der Waals surface area contributed by atoms with Gasteiger partial charge in [0.25, 0.3) is 0 Å². The van der Waals surface area contributed by atoms with E-state index < -0.39 is 0 Å². The molecule has 2 heterocycles. The van der Waals surface area contributed by atoms with Crippen LogP contribution in [0.25, 0.3) is 22.6 Å². The summed E-state index contributed by atoms with van der Waals surface area (Å²) in [5.74, 6) is 0.698. The van der Waals surface area contributed by atoms with Crippen molar-refractivity contribution in [2.45, 2.75) is 26.8 Å². The van der Waals surface area contributed by atoms with E-state index in [2.05, 4.69) is 32.1 Å². The number of nitrogens with zero attached hydrogens (tertiary/aromatic N) is 4. The van der Waals surface area contributed by atoms with Crippen LogP contribution in [0, 0.1) is 0 Å². The van der Waals surface area contributed by atoms with Gasteiger partial charge in [0.15, 0.2) is 11.5 Å². The highest BCUT2D eigenvalue weighted by Crippen LogP contribution is 2.28. The van der Waals surface area contributed by atoms with Crippen molar-refractivity contribution < 1.29 is 9.42 Å². The minimum Gasteiger partial charge on any atom is -0.322 e. The number of aryl methyl sites for hydroxylation is 1. The van der Waals surface area contributed by atoms with E-state index in [0.29, 0.717) is 11.5 Å². The van der Waals surface area contributed by atoms with Crippen molar-refractivity contribution in [1.29, 1.82) is 0 Å². The van der Waals surface area contributed by atoms with Gasteiger partial charge in [0.1, 0.15) is 0 Å². The summed E-state index contributed by atoms with van der Waals surface area (Å²) < 4.78 is 6.82. The molecule has 0 aliphatic carbocycles. The largest absolute Gasteiger partial charge is 0.322 e. The molecular formula is C14H15N5O2. The predicted molar refractivity (Wildman–Crippen MR) is 77.6 cm³/mol. The third kappa shape index (κ3) is 2.37. The number of hydrogen-bond acceptors (Lipinski definition) is 5. The van der Waals surface area contributed by atoms with Crippen LogP contribution in [0.4, 0.5) is 5.82 Å². The lowest BCUT2D eigenvalue weighted by Crippen LogP contribution is -2.08. The normalized spacial score (nSPS) is 11.0. The number of anilines is 1. The monoisotopic (exact) mass is 285 g/mol. The molecule has 1 aromatic carbocycles. The summed E-state index contributed by atoms with van der Waals surface area (Å²) in [5, 5.41) is 10.2. The van der Waals surface area contributed by atoms with Gasteiger partial charge in [0, 0.05) is 13.5 Å². The van der Waals surface area contributed by atoms with E-state index in [4.69, 9.17) is 4.63 Å². The predicted octanol–water partition coefficient (Wildman–Crippen LogP) is 2.45. The molecule has 0 saturated carbocycles. The molecule has 0 bridgehead atoms. The highest BCUT2D eigenvalue weighted by molar-refractivity contribution is 5.91. The maximum absolute atomic E-state index is 11.2. The van der Waals surface area contributed by atoms with Gasteiger partial charge in [-0.15, -0.1) is 0 Å². The van der Waals surface area contributed by atoms with Gasteiger partial charge in [-0.25, -0.2) is 9.61 Å². The molecule has 0 saturated heterocycles. The fourth-order valence-corrected chi connectivity index (χ4v) is 2.29.